The monoisotopic (exact) mass is 392 g/mol. The van der Waals surface area contributed by atoms with E-state index in [1.807, 2.05) is 56.3 Å². The Labute approximate surface area is 171 Å². The molecule has 0 saturated carbocycles. The van der Waals surface area contributed by atoms with Gasteiger partial charge in [0.2, 0.25) is 5.91 Å². The van der Waals surface area contributed by atoms with E-state index in [1.165, 1.54) is 4.57 Å². The van der Waals surface area contributed by atoms with Crippen molar-refractivity contribution in [3.63, 3.8) is 0 Å². The fourth-order valence-electron chi connectivity index (χ4n) is 3.22. The van der Waals surface area contributed by atoms with Gasteiger partial charge in [-0.15, -0.1) is 0 Å². The molecule has 2 N–H and O–H groups in total. The maximum absolute atomic E-state index is 12.7. The first-order chi connectivity index (χ1) is 13.9. The molecule has 2 aromatic carbocycles. The molecule has 152 valence electrons. The van der Waals surface area contributed by atoms with Crippen molar-refractivity contribution in [2.45, 2.75) is 40.7 Å². The Hall–Kier alpha value is -3.15. The Bertz CT molecular complexity index is 1090. The summed E-state index contributed by atoms with van der Waals surface area (Å²) in [6.07, 6.45) is 0.983. The minimum atomic E-state index is -0.438. The highest BCUT2D eigenvalue weighted by Gasteiger charge is 2.14. The molecule has 1 amide bonds. The minimum Gasteiger partial charge on any atom is -0.369 e. The minimum absolute atomic E-state index is 0.0913. The zero-order chi connectivity index (χ0) is 21.0. The van der Waals surface area contributed by atoms with E-state index < -0.39 is 5.69 Å². The highest BCUT2D eigenvalue weighted by atomic mass is 16.2. The first-order valence-corrected chi connectivity index (χ1v) is 9.96. The average molecular weight is 393 g/mol. The number of carbonyl (C=O) groups excluding carboxylic acids is 1. The SMILES string of the molecule is Cc1cccc(NC(=O)Cn2c(=O)nc(NCCC(C)C)c3ccccc32)c1C. The van der Waals surface area contributed by atoms with Crippen LogP contribution in [0.4, 0.5) is 11.5 Å². The molecule has 1 aromatic heterocycles. The summed E-state index contributed by atoms with van der Waals surface area (Å²) in [5.74, 6) is 0.869. The maximum atomic E-state index is 12.7. The van der Waals surface area contributed by atoms with Crippen molar-refractivity contribution in [3.05, 3.63) is 64.1 Å². The lowest BCUT2D eigenvalue weighted by Gasteiger charge is -2.15. The molecule has 0 saturated heterocycles. The van der Waals surface area contributed by atoms with Crippen LogP contribution in [0.25, 0.3) is 10.9 Å². The molecule has 0 bridgehead atoms. The number of para-hydroxylation sites is 1. The average Bonchev–Trinajstić information content (AvgIpc) is 2.68. The molecule has 3 aromatic rings. The molecule has 1 heterocycles. The van der Waals surface area contributed by atoms with Gasteiger partial charge in [-0.05, 0) is 55.5 Å². The molecule has 0 aliphatic rings. The Balaban J connectivity index is 1.88. The van der Waals surface area contributed by atoms with E-state index in [4.69, 9.17) is 0 Å². The number of carbonyl (C=O) groups is 1. The predicted molar refractivity (Wildman–Crippen MR) is 118 cm³/mol. The second-order valence-electron chi connectivity index (χ2n) is 7.75. The van der Waals surface area contributed by atoms with Crippen molar-refractivity contribution in [3.8, 4) is 0 Å². The Morgan fingerprint density at radius 2 is 1.86 bits per heavy atom. The third-order valence-electron chi connectivity index (χ3n) is 5.08. The van der Waals surface area contributed by atoms with Gasteiger partial charge in [0.1, 0.15) is 12.4 Å². The molecule has 6 heteroatoms. The van der Waals surface area contributed by atoms with Gasteiger partial charge in [0.05, 0.1) is 5.52 Å². The number of aryl methyl sites for hydroxylation is 1. The lowest BCUT2D eigenvalue weighted by atomic mass is 10.1. The van der Waals surface area contributed by atoms with Crippen molar-refractivity contribution in [2.24, 2.45) is 5.92 Å². The van der Waals surface area contributed by atoms with Crippen LogP contribution >= 0.6 is 0 Å². The summed E-state index contributed by atoms with van der Waals surface area (Å²) in [4.78, 5) is 29.6. The van der Waals surface area contributed by atoms with Gasteiger partial charge in [-0.3, -0.25) is 9.36 Å². The zero-order valence-electron chi connectivity index (χ0n) is 17.5. The summed E-state index contributed by atoms with van der Waals surface area (Å²) in [5, 5.41) is 7.01. The number of benzene rings is 2. The molecule has 0 unspecified atom stereocenters. The zero-order valence-corrected chi connectivity index (χ0v) is 17.5. The number of amides is 1. The number of anilines is 2. The lowest BCUT2D eigenvalue weighted by molar-refractivity contribution is -0.116. The smallest absolute Gasteiger partial charge is 0.350 e. The van der Waals surface area contributed by atoms with Crippen molar-refractivity contribution in [1.29, 1.82) is 0 Å². The number of nitrogens with one attached hydrogen (secondary N) is 2. The first-order valence-electron chi connectivity index (χ1n) is 9.96. The normalized spacial score (nSPS) is 11.1. The van der Waals surface area contributed by atoms with Crippen molar-refractivity contribution < 1.29 is 4.79 Å². The van der Waals surface area contributed by atoms with E-state index in [0.717, 1.165) is 35.2 Å². The first kappa shape index (κ1) is 20.6. The summed E-state index contributed by atoms with van der Waals surface area (Å²) >= 11 is 0. The van der Waals surface area contributed by atoms with Gasteiger partial charge >= 0.3 is 5.69 Å². The van der Waals surface area contributed by atoms with Crippen molar-refractivity contribution in [1.82, 2.24) is 9.55 Å². The van der Waals surface area contributed by atoms with Crippen LogP contribution in [0.1, 0.15) is 31.4 Å². The van der Waals surface area contributed by atoms with E-state index >= 15 is 0 Å². The van der Waals surface area contributed by atoms with E-state index in [-0.39, 0.29) is 12.5 Å². The van der Waals surface area contributed by atoms with Gasteiger partial charge in [0, 0.05) is 17.6 Å². The van der Waals surface area contributed by atoms with Crippen LogP contribution in [0.3, 0.4) is 0 Å². The quantitative estimate of drug-likeness (QED) is 0.634. The third-order valence-corrected chi connectivity index (χ3v) is 5.08. The summed E-state index contributed by atoms with van der Waals surface area (Å²) in [6, 6.07) is 13.3. The highest BCUT2D eigenvalue weighted by molar-refractivity contribution is 5.94. The topological polar surface area (TPSA) is 76.0 Å². The highest BCUT2D eigenvalue weighted by Crippen LogP contribution is 2.21. The molecule has 0 atom stereocenters. The molecule has 0 spiro atoms. The van der Waals surface area contributed by atoms with Gasteiger partial charge in [-0.2, -0.15) is 4.98 Å². The van der Waals surface area contributed by atoms with Crippen LogP contribution in [0, 0.1) is 19.8 Å². The summed E-state index contributed by atoms with van der Waals surface area (Å²) in [7, 11) is 0. The Morgan fingerprint density at radius 1 is 1.10 bits per heavy atom. The van der Waals surface area contributed by atoms with E-state index in [1.54, 1.807) is 0 Å². The molecule has 6 nitrogen and oxygen atoms in total. The van der Waals surface area contributed by atoms with Crippen LogP contribution in [0.5, 0.6) is 0 Å². The van der Waals surface area contributed by atoms with E-state index in [2.05, 4.69) is 29.5 Å². The van der Waals surface area contributed by atoms with E-state index in [9.17, 15) is 9.59 Å². The Morgan fingerprint density at radius 3 is 2.62 bits per heavy atom. The van der Waals surface area contributed by atoms with Gasteiger partial charge in [-0.25, -0.2) is 4.79 Å². The fraction of sp³-hybridized carbons (Fsp3) is 0.348. The standard InChI is InChI=1S/C23H28N4O2/c1-15(2)12-13-24-22-18-9-5-6-11-20(18)27(23(29)26-22)14-21(28)25-19-10-7-8-16(3)17(19)4/h5-11,15H,12-14H2,1-4H3,(H,25,28)(H,24,26,29). The molecule has 0 aliphatic carbocycles. The Kier molecular flexibility index (Phi) is 6.32. The maximum Gasteiger partial charge on any atom is 0.350 e. The van der Waals surface area contributed by atoms with Crippen LogP contribution in [0.2, 0.25) is 0 Å². The van der Waals surface area contributed by atoms with E-state index in [0.29, 0.717) is 17.3 Å². The molecule has 0 fully saturated rings. The van der Waals surface area contributed by atoms with Crippen LogP contribution in [-0.4, -0.2) is 22.0 Å². The molecule has 0 aliphatic heterocycles. The second kappa shape index (κ2) is 8.90. The van der Waals surface area contributed by atoms with Crippen LogP contribution < -0.4 is 16.3 Å². The molecular formula is C23H28N4O2. The van der Waals surface area contributed by atoms with Crippen LogP contribution in [-0.2, 0) is 11.3 Å². The number of aromatic nitrogens is 2. The van der Waals surface area contributed by atoms with Crippen molar-refractivity contribution >= 4 is 28.3 Å². The van der Waals surface area contributed by atoms with Gasteiger partial charge in [0.15, 0.2) is 0 Å². The molecule has 29 heavy (non-hydrogen) atoms. The lowest BCUT2D eigenvalue weighted by Crippen LogP contribution is -2.30. The predicted octanol–water partition coefficient (Wildman–Crippen LogP) is 4.11. The summed E-state index contributed by atoms with van der Waals surface area (Å²) in [5.41, 5.74) is 3.12. The number of fused-ring (bicyclic) bond motifs is 1. The summed E-state index contributed by atoms with van der Waals surface area (Å²) < 4.78 is 1.42. The van der Waals surface area contributed by atoms with Gasteiger partial charge in [0.25, 0.3) is 0 Å². The fourth-order valence-corrected chi connectivity index (χ4v) is 3.22. The number of nitrogens with zero attached hydrogens (tertiary/aromatic N) is 2. The van der Waals surface area contributed by atoms with Crippen LogP contribution in [0.15, 0.2) is 47.3 Å². The van der Waals surface area contributed by atoms with Gasteiger partial charge < -0.3 is 10.6 Å². The molecule has 0 radical (unpaired) electrons. The number of hydrogen-bond acceptors (Lipinski definition) is 4. The largest absolute Gasteiger partial charge is 0.369 e. The molecular weight excluding hydrogens is 364 g/mol. The third kappa shape index (κ3) is 4.83. The second-order valence-corrected chi connectivity index (χ2v) is 7.75. The summed E-state index contributed by atoms with van der Waals surface area (Å²) in [6.45, 7) is 8.92. The molecule has 3 rings (SSSR count). The number of rotatable bonds is 7. The van der Waals surface area contributed by atoms with Gasteiger partial charge in [-0.1, -0.05) is 38.1 Å². The van der Waals surface area contributed by atoms with Crippen molar-refractivity contribution in [2.75, 3.05) is 17.2 Å². The number of hydrogen-bond donors (Lipinski definition) is 2.